The van der Waals surface area contributed by atoms with Crippen molar-refractivity contribution in [1.82, 2.24) is 0 Å². The van der Waals surface area contributed by atoms with Crippen molar-refractivity contribution in [3.63, 3.8) is 0 Å². The number of methoxy groups -OCH3 is 1. The quantitative estimate of drug-likeness (QED) is 0.744. The molecule has 4 heteroatoms. The summed E-state index contributed by atoms with van der Waals surface area (Å²) < 4.78 is 10.9. The molecule has 0 saturated carbocycles. The van der Waals surface area contributed by atoms with E-state index in [1.807, 2.05) is 6.07 Å². The van der Waals surface area contributed by atoms with Gasteiger partial charge < -0.3 is 14.3 Å². The highest BCUT2D eigenvalue weighted by atomic mass is 16.5. The van der Waals surface area contributed by atoms with Gasteiger partial charge in [-0.25, -0.2) is 0 Å². The van der Waals surface area contributed by atoms with Crippen LogP contribution < -0.4 is 4.74 Å². The second-order valence-corrected chi connectivity index (χ2v) is 4.72. The van der Waals surface area contributed by atoms with E-state index in [0.29, 0.717) is 27.9 Å². The van der Waals surface area contributed by atoms with Gasteiger partial charge in [0.2, 0.25) is 0 Å². The van der Waals surface area contributed by atoms with Crippen LogP contribution in [0.4, 0.5) is 0 Å². The minimum absolute atomic E-state index is 0.0205. The van der Waals surface area contributed by atoms with Gasteiger partial charge in [-0.3, -0.25) is 4.79 Å². The molecule has 0 atom stereocenters. The lowest BCUT2D eigenvalue weighted by Crippen LogP contribution is -2.02. The maximum absolute atomic E-state index is 12.7. The molecule has 0 aliphatic carbocycles. The highest BCUT2D eigenvalue weighted by Gasteiger charge is 2.24. The SMILES string of the molecule is COc1c(O)ccc2oc(C)c(C(=O)c3ccccc3)c12. The van der Waals surface area contributed by atoms with Crippen LogP contribution in [-0.4, -0.2) is 18.0 Å². The molecule has 0 spiro atoms. The molecule has 3 rings (SSSR count). The molecule has 1 N–H and O–H groups in total. The molecule has 0 aliphatic heterocycles. The summed E-state index contributed by atoms with van der Waals surface area (Å²) in [6.45, 7) is 1.73. The standard InChI is InChI=1S/C17H14O4/c1-10-14(16(19)11-6-4-3-5-7-11)15-13(21-10)9-8-12(18)17(15)20-2/h3-9,18H,1-2H3. The summed E-state index contributed by atoms with van der Waals surface area (Å²) in [6.07, 6.45) is 0. The zero-order chi connectivity index (χ0) is 15.0. The van der Waals surface area contributed by atoms with Gasteiger partial charge in [0.15, 0.2) is 17.3 Å². The summed E-state index contributed by atoms with van der Waals surface area (Å²) in [5.41, 5.74) is 1.50. The number of hydrogen-bond donors (Lipinski definition) is 1. The van der Waals surface area contributed by atoms with Crippen LogP contribution in [-0.2, 0) is 0 Å². The highest BCUT2D eigenvalue weighted by Crippen LogP contribution is 2.40. The minimum atomic E-state index is -0.157. The van der Waals surface area contributed by atoms with E-state index < -0.39 is 0 Å². The number of benzene rings is 2. The average molecular weight is 282 g/mol. The molecule has 0 radical (unpaired) electrons. The predicted molar refractivity (Wildman–Crippen MR) is 79.0 cm³/mol. The molecule has 4 nitrogen and oxygen atoms in total. The van der Waals surface area contributed by atoms with Crippen LogP contribution in [0, 0.1) is 6.92 Å². The molecule has 2 aromatic carbocycles. The number of carbonyl (C=O) groups excluding carboxylic acids is 1. The maximum Gasteiger partial charge on any atom is 0.197 e. The second kappa shape index (κ2) is 4.98. The van der Waals surface area contributed by atoms with Crippen molar-refractivity contribution in [2.75, 3.05) is 7.11 Å². The smallest absolute Gasteiger partial charge is 0.197 e. The molecule has 0 bridgehead atoms. The topological polar surface area (TPSA) is 59.7 Å². The van der Waals surface area contributed by atoms with Crippen LogP contribution in [0.5, 0.6) is 11.5 Å². The normalized spacial score (nSPS) is 10.8. The first-order valence-corrected chi connectivity index (χ1v) is 6.52. The van der Waals surface area contributed by atoms with Gasteiger partial charge in [-0.1, -0.05) is 30.3 Å². The van der Waals surface area contributed by atoms with Crippen LogP contribution in [0.1, 0.15) is 21.7 Å². The highest BCUT2D eigenvalue weighted by molar-refractivity contribution is 6.18. The van der Waals surface area contributed by atoms with Crippen molar-refractivity contribution in [2.24, 2.45) is 0 Å². The molecule has 106 valence electrons. The third-order valence-electron chi connectivity index (χ3n) is 3.43. The Kier molecular flexibility index (Phi) is 3.14. The van der Waals surface area contributed by atoms with E-state index in [1.165, 1.54) is 13.2 Å². The Morgan fingerprint density at radius 3 is 2.52 bits per heavy atom. The summed E-state index contributed by atoms with van der Waals surface area (Å²) in [5.74, 6) is 0.579. The average Bonchev–Trinajstić information content (AvgIpc) is 2.83. The van der Waals surface area contributed by atoms with Crippen molar-refractivity contribution in [3.8, 4) is 11.5 Å². The molecule has 0 saturated heterocycles. The van der Waals surface area contributed by atoms with Crippen LogP contribution in [0.25, 0.3) is 11.0 Å². The monoisotopic (exact) mass is 282 g/mol. The molecular weight excluding hydrogens is 268 g/mol. The number of phenols is 1. The summed E-state index contributed by atoms with van der Waals surface area (Å²) in [7, 11) is 1.45. The van der Waals surface area contributed by atoms with E-state index in [4.69, 9.17) is 9.15 Å². The number of rotatable bonds is 3. The van der Waals surface area contributed by atoms with Crippen molar-refractivity contribution >= 4 is 16.8 Å². The van der Waals surface area contributed by atoms with Crippen LogP contribution in [0.3, 0.4) is 0 Å². The van der Waals surface area contributed by atoms with E-state index >= 15 is 0 Å². The first-order valence-electron chi connectivity index (χ1n) is 6.52. The summed E-state index contributed by atoms with van der Waals surface area (Å²) in [6, 6.07) is 12.1. The fraction of sp³-hybridized carbons (Fsp3) is 0.118. The number of carbonyl (C=O) groups is 1. The summed E-state index contributed by atoms with van der Waals surface area (Å²) in [5, 5.41) is 10.4. The Morgan fingerprint density at radius 1 is 1.14 bits per heavy atom. The number of aromatic hydroxyl groups is 1. The zero-order valence-electron chi connectivity index (χ0n) is 11.7. The molecule has 1 aromatic heterocycles. The van der Waals surface area contributed by atoms with E-state index in [9.17, 15) is 9.90 Å². The fourth-order valence-corrected chi connectivity index (χ4v) is 2.48. The lowest BCUT2D eigenvalue weighted by atomic mass is 10.00. The number of ether oxygens (including phenoxy) is 1. The second-order valence-electron chi connectivity index (χ2n) is 4.72. The van der Waals surface area contributed by atoms with Gasteiger partial charge in [-0.05, 0) is 19.1 Å². The molecule has 3 aromatic rings. The van der Waals surface area contributed by atoms with Gasteiger partial charge in [-0.15, -0.1) is 0 Å². The van der Waals surface area contributed by atoms with Crippen molar-refractivity contribution in [1.29, 1.82) is 0 Å². The minimum Gasteiger partial charge on any atom is -0.504 e. The Bertz CT molecular complexity index is 816. The van der Waals surface area contributed by atoms with Crippen LogP contribution in [0.2, 0.25) is 0 Å². The number of furan rings is 1. The van der Waals surface area contributed by atoms with Crippen molar-refractivity contribution in [2.45, 2.75) is 6.92 Å². The number of ketones is 1. The van der Waals surface area contributed by atoms with Crippen LogP contribution >= 0.6 is 0 Å². The van der Waals surface area contributed by atoms with Crippen molar-refractivity contribution in [3.05, 3.63) is 59.4 Å². The number of phenolic OH excluding ortho intramolecular Hbond substituents is 1. The lowest BCUT2D eigenvalue weighted by Gasteiger charge is -2.06. The van der Waals surface area contributed by atoms with Gasteiger partial charge in [0.1, 0.15) is 11.3 Å². The van der Waals surface area contributed by atoms with E-state index in [-0.39, 0.29) is 17.3 Å². The molecule has 0 aliphatic rings. The fourth-order valence-electron chi connectivity index (χ4n) is 2.48. The molecule has 0 amide bonds. The van der Waals surface area contributed by atoms with Crippen LogP contribution in [0.15, 0.2) is 46.9 Å². The number of fused-ring (bicyclic) bond motifs is 1. The largest absolute Gasteiger partial charge is 0.504 e. The van der Waals surface area contributed by atoms with E-state index in [2.05, 4.69) is 0 Å². The zero-order valence-corrected chi connectivity index (χ0v) is 11.7. The Morgan fingerprint density at radius 2 is 1.86 bits per heavy atom. The Hall–Kier alpha value is -2.75. The van der Waals surface area contributed by atoms with Gasteiger partial charge in [0.05, 0.1) is 18.1 Å². The Labute approximate surface area is 121 Å². The molecule has 1 heterocycles. The number of aryl methyl sites for hydroxylation is 1. The van der Waals surface area contributed by atoms with Gasteiger partial charge in [0.25, 0.3) is 0 Å². The third kappa shape index (κ3) is 2.05. The van der Waals surface area contributed by atoms with Gasteiger partial charge in [0, 0.05) is 5.56 Å². The van der Waals surface area contributed by atoms with Gasteiger partial charge >= 0.3 is 0 Å². The first kappa shape index (κ1) is 13.2. The maximum atomic E-state index is 12.7. The van der Waals surface area contributed by atoms with Crippen molar-refractivity contribution < 1.29 is 19.1 Å². The summed E-state index contributed by atoms with van der Waals surface area (Å²) in [4.78, 5) is 12.7. The first-order chi connectivity index (χ1) is 10.1. The number of hydrogen-bond acceptors (Lipinski definition) is 4. The molecule has 0 unspecified atom stereocenters. The molecule has 0 fully saturated rings. The van der Waals surface area contributed by atoms with E-state index in [1.54, 1.807) is 37.3 Å². The molecule has 21 heavy (non-hydrogen) atoms. The van der Waals surface area contributed by atoms with E-state index in [0.717, 1.165) is 0 Å². The third-order valence-corrected chi connectivity index (χ3v) is 3.43. The predicted octanol–water partition coefficient (Wildman–Crippen LogP) is 3.69. The summed E-state index contributed by atoms with van der Waals surface area (Å²) >= 11 is 0. The molecular formula is C17H14O4. The lowest BCUT2D eigenvalue weighted by molar-refractivity contribution is 0.103. The van der Waals surface area contributed by atoms with Gasteiger partial charge in [-0.2, -0.15) is 0 Å². The Balaban J connectivity index is 2.30.